The van der Waals surface area contributed by atoms with Crippen molar-refractivity contribution in [2.75, 3.05) is 13.1 Å². The van der Waals surface area contributed by atoms with Crippen LogP contribution >= 0.6 is 0 Å². The Kier molecular flexibility index (Phi) is 10.8. The van der Waals surface area contributed by atoms with Crippen LogP contribution in [0.15, 0.2) is 58.3 Å². The van der Waals surface area contributed by atoms with Crippen LogP contribution in [0.3, 0.4) is 0 Å². The maximum Gasteiger partial charge on any atom is 0.240 e. The zero-order valence-electron chi connectivity index (χ0n) is 19.1. The number of hydrogen-bond acceptors (Lipinski definition) is 4. The zero-order chi connectivity index (χ0) is 23.5. The predicted molar refractivity (Wildman–Crippen MR) is 130 cm³/mol. The lowest BCUT2D eigenvalue weighted by atomic mass is 10.1. The van der Waals surface area contributed by atoms with Crippen LogP contribution in [-0.2, 0) is 20.0 Å². The lowest BCUT2D eigenvalue weighted by Gasteiger charge is -2.08. The quantitative estimate of drug-likeness (QED) is 0.362. The first-order chi connectivity index (χ1) is 15.2. The summed E-state index contributed by atoms with van der Waals surface area (Å²) in [5.74, 6) is 0. The van der Waals surface area contributed by atoms with Gasteiger partial charge in [-0.05, 0) is 51.0 Å². The van der Waals surface area contributed by atoms with E-state index in [4.69, 9.17) is 0 Å². The van der Waals surface area contributed by atoms with E-state index in [-0.39, 0.29) is 0 Å². The van der Waals surface area contributed by atoms with Gasteiger partial charge in [0, 0.05) is 13.1 Å². The molecule has 0 fully saturated rings. The summed E-state index contributed by atoms with van der Waals surface area (Å²) in [6.45, 7) is 4.77. The second kappa shape index (κ2) is 13.1. The topological polar surface area (TPSA) is 92.3 Å². The molecule has 0 aliphatic rings. The van der Waals surface area contributed by atoms with Crippen molar-refractivity contribution in [2.45, 2.75) is 75.0 Å². The second-order valence-electron chi connectivity index (χ2n) is 8.25. The molecule has 0 aromatic heterocycles. The van der Waals surface area contributed by atoms with E-state index in [2.05, 4.69) is 9.44 Å². The summed E-state index contributed by atoms with van der Waals surface area (Å²) < 4.78 is 54.1. The predicted octanol–water partition coefficient (Wildman–Crippen LogP) is 4.68. The Morgan fingerprint density at radius 2 is 0.781 bits per heavy atom. The summed E-state index contributed by atoms with van der Waals surface area (Å²) in [6.07, 6.45) is 8.01. The Balaban J connectivity index is 1.47. The fourth-order valence-electron chi connectivity index (χ4n) is 3.33. The molecular formula is C24H36N2O4S2. The molecule has 32 heavy (non-hydrogen) atoms. The molecule has 0 heterocycles. The van der Waals surface area contributed by atoms with Crippen molar-refractivity contribution in [1.82, 2.24) is 9.44 Å². The molecule has 0 spiro atoms. The highest BCUT2D eigenvalue weighted by molar-refractivity contribution is 7.89. The molecule has 0 radical (unpaired) electrons. The number of sulfonamides is 2. The van der Waals surface area contributed by atoms with Crippen LogP contribution in [0.25, 0.3) is 0 Å². The van der Waals surface area contributed by atoms with E-state index >= 15 is 0 Å². The SMILES string of the molecule is Cc1ccc(S(=O)(=O)NCCCCCCCCCCNS(=O)(=O)c2ccc(C)cc2)cc1. The van der Waals surface area contributed by atoms with Gasteiger partial charge in [0.1, 0.15) is 0 Å². The van der Waals surface area contributed by atoms with Gasteiger partial charge < -0.3 is 0 Å². The van der Waals surface area contributed by atoms with Gasteiger partial charge in [-0.3, -0.25) is 0 Å². The number of hydrogen-bond donors (Lipinski definition) is 2. The molecule has 0 amide bonds. The van der Waals surface area contributed by atoms with Crippen LogP contribution < -0.4 is 9.44 Å². The van der Waals surface area contributed by atoms with Crippen LogP contribution in [0, 0.1) is 13.8 Å². The molecule has 0 atom stereocenters. The molecule has 0 bridgehead atoms. The third-order valence-electron chi connectivity index (χ3n) is 5.35. The van der Waals surface area contributed by atoms with Gasteiger partial charge in [-0.1, -0.05) is 73.9 Å². The fourth-order valence-corrected chi connectivity index (χ4v) is 5.47. The van der Waals surface area contributed by atoms with E-state index in [1.165, 1.54) is 0 Å². The van der Waals surface area contributed by atoms with Crippen molar-refractivity contribution in [1.29, 1.82) is 0 Å². The van der Waals surface area contributed by atoms with Gasteiger partial charge in [0.05, 0.1) is 9.79 Å². The Bertz CT molecular complexity index is 931. The normalized spacial score (nSPS) is 12.2. The molecule has 6 nitrogen and oxygen atoms in total. The van der Waals surface area contributed by atoms with Crippen molar-refractivity contribution in [3.63, 3.8) is 0 Å². The standard InChI is InChI=1S/C24H36N2O4S2/c1-21-11-15-23(16-12-21)31(27,28)25-19-9-7-5-3-4-6-8-10-20-26-32(29,30)24-17-13-22(2)14-18-24/h11-18,25-26H,3-10,19-20H2,1-2H3. The van der Waals surface area contributed by atoms with Crippen molar-refractivity contribution in [3.8, 4) is 0 Å². The maximum absolute atomic E-state index is 12.2. The number of unbranched alkanes of at least 4 members (excludes halogenated alkanes) is 7. The monoisotopic (exact) mass is 480 g/mol. The summed E-state index contributed by atoms with van der Waals surface area (Å²) in [7, 11) is -6.83. The Morgan fingerprint density at radius 1 is 0.500 bits per heavy atom. The lowest BCUT2D eigenvalue weighted by Crippen LogP contribution is -2.24. The maximum atomic E-state index is 12.2. The van der Waals surface area contributed by atoms with Gasteiger partial charge >= 0.3 is 0 Å². The third kappa shape index (κ3) is 9.40. The zero-order valence-corrected chi connectivity index (χ0v) is 20.8. The van der Waals surface area contributed by atoms with Crippen molar-refractivity contribution in [2.24, 2.45) is 0 Å². The average Bonchev–Trinajstić information content (AvgIpc) is 2.75. The van der Waals surface area contributed by atoms with Crippen LogP contribution in [0.1, 0.15) is 62.5 Å². The fraction of sp³-hybridized carbons (Fsp3) is 0.500. The Hall–Kier alpha value is -1.74. The molecule has 0 unspecified atom stereocenters. The Morgan fingerprint density at radius 3 is 1.09 bits per heavy atom. The molecule has 2 N–H and O–H groups in total. The van der Waals surface area contributed by atoms with Crippen LogP contribution in [0.4, 0.5) is 0 Å². The number of nitrogens with one attached hydrogen (secondary N) is 2. The third-order valence-corrected chi connectivity index (χ3v) is 8.30. The minimum atomic E-state index is -3.42. The molecule has 2 rings (SSSR count). The van der Waals surface area contributed by atoms with E-state index in [0.29, 0.717) is 22.9 Å². The van der Waals surface area contributed by atoms with Gasteiger partial charge in [0.2, 0.25) is 20.0 Å². The number of rotatable bonds is 15. The van der Waals surface area contributed by atoms with Gasteiger partial charge in [-0.15, -0.1) is 0 Å². The van der Waals surface area contributed by atoms with Gasteiger partial charge in [0.15, 0.2) is 0 Å². The summed E-state index contributed by atoms with van der Waals surface area (Å²) in [4.78, 5) is 0.619. The second-order valence-corrected chi connectivity index (χ2v) is 11.8. The van der Waals surface area contributed by atoms with E-state index in [0.717, 1.165) is 62.5 Å². The molecule has 2 aromatic carbocycles. The lowest BCUT2D eigenvalue weighted by molar-refractivity contribution is 0.549. The summed E-state index contributed by atoms with van der Waals surface area (Å²) in [6, 6.07) is 13.7. The van der Waals surface area contributed by atoms with Crippen LogP contribution in [-0.4, -0.2) is 29.9 Å². The molecular weight excluding hydrogens is 444 g/mol. The van der Waals surface area contributed by atoms with Gasteiger partial charge in [-0.2, -0.15) is 0 Å². The van der Waals surface area contributed by atoms with Crippen LogP contribution in [0.5, 0.6) is 0 Å². The van der Waals surface area contributed by atoms with Crippen LogP contribution in [0.2, 0.25) is 0 Å². The van der Waals surface area contributed by atoms with Crippen molar-refractivity contribution >= 4 is 20.0 Å². The minimum absolute atomic E-state index is 0.309. The molecule has 8 heteroatoms. The average molecular weight is 481 g/mol. The van der Waals surface area contributed by atoms with E-state index in [9.17, 15) is 16.8 Å². The first kappa shape index (κ1) is 26.5. The highest BCUT2D eigenvalue weighted by atomic mass is 32.2. The number of benzene rings is 2. The summed E-state index contributed by atoms with van der Waals surface area (Å²) in [5, 5.41) is 0. The summed E-state index contributed by atoms with van der Waals surface area (Å²) >= 11 is 0. The smallest absolute Gasteiger partial charge is 0.211 e. The van der Waals surface area contributed by atoms with E-state index in [1.807, 2.05) is 13.8 Å². The molecule has 0 saturated carbocycles. The number of aryl methyl sites for hydroxylation is 2. The first-order valence-electron chi connectivity index (χ1n) is 11.3. The van der Waals surface area contributed by atoms with Crippen molar-refractivity contribution in [3.05, 3.63) is 59.7 Å². The largest absolute Gasteiger partial charge is 0.240 e. The first-order valence-corrected chi connectivity index (χ1v) is 14.3. The minimum Gasteiger partial charge on any atom is -0.211 e. The van der Waals surface area contributed by atoms with Crippen molar-refractivity contribution < 1.29 is 16.8 Å². The molecule has 0 saturated heterocycles. The molecule has 0 aliphatic heterocycles. The highest BCUT2D eigenvalue weighted by Gasteiger charge is 2.13. The summed E-state index contributed by atoms with van der Waals surface area (Å²) in [5.41, 5.74) is 2.07. The molecule has 178 valence electrons. The van der Waals surface area contributed by atoms with Gasteiger partial charge in [0.25, 0.3) is 0 Å². The molecule has 0 aliphatic carbocycles. The Labute approximate surface area is 193 Å². The van der Waals surface area contributed by atoms with E-state index in [1.54, 1.807) is 48.5 Å². The van der Waals surface area contributed by atoms with E-state index < -0.39 is 20.0 Å². The molecule has 2 aromatic rings. The highest BCUT2D eigenvalue weighted by Crippen LogP contribution is 2.12. The van der Waals surface area contributed by atoms with Gasteiger partial charge in [-0.25, -0.2) is 26.3 Å².